The molecule has 0 spiro atoms. The van der Waals surface area contributed by atoms with Gasteiger partial charge in [-0.15, -0.1) is 0 Å². The van der Waals surface area contributed by atoms with Crippen LogP contribution in [0.3, 0.4) is 0 Å². The van der Waals surface area contributed by atoms with Crippen LogP contribution in [-0.2, 0) is 17.8 Å². The molecule has 1 aromatic carbocycles. The molecular weight excluding hydrogens is 176 g/mol. The van der Waals surface area contributed by atoms with Crippen molar-refractivity contribution in [1.29, 1.82) is 0 Å². The first kappa shape index (κ1) is 9.06. The maximum Gasteiger partial charge on any atom is 0.227 e. The van der Waals surface area contributed by atoms with Gasteiger partial charge in [-0.05, 0) is 24.1 Å². The quantitative estimate of drug-likeness (QED) is 0.676. The lowest BCUT2D eigenvalue weighted by atomic mass is 9.97. The van der Waals surface area contributed by atoms with E-state index in [2.05, 4.69) is 0 Å². The predicted molar refractivity (Wildman–Crippen MR) is 55.6 cm³/mol. The van der Waals surface area contributed by atoms with Gasteiger partial charge in [-0.3, -0.25) is 4.79 Å². The molecule has 1 heterocycles. The number of likely N-dealkylation sites (N-methyl/N-ethyl adjacent to an activating group) is 1. The highest BCUT2D eigenvalue weighted by molar-refractivity contribution is 5.82. The van der Waals surface area contributed by atoms with Crippen LogP contribution >= 0.6 is 0 Å². The lowest BCUT2D eigenvalue weighted by molar-refractivity contribution is -0.131. The van der Waals surface area contributed by atoms with Gasteiger partial charge < -0.3 is 10.6 Å². The van der Waals surface area contributed by atoms with Crippen LogP contribution in [0.25, 0.3) is 0 Å². The number of rotatable bonds is 1. The average molecular weight is 190 g/mol. The summed E-state index contributed by atoms with van der Waals surface area (Å²) in [4.78, 5) is 13.5. The molecule has 1 amide bonds. The van der Waals surface area contributed by atoms with Crippen molar-refractivity contribution in [2.24, 2.45) is 0 Å². The third kappa shape index (κ3) is 1.35. The van der Waals surface area contributed by atoms with Crippen molar-refractivity contribution in [1.82, 2.24) is 4.90 Å². The van der Waals surface area contributed by atoms with E-state index in [1.807, 2.05) is 30.0 Å². The lowest BCUT2D eigenvalue weighted by Gasteiger charge is -2.28. The van der Waals surface area contributed by atoms with Crippen molar-refractivity contribution in [3.8, 4) is 0 Å². The minimum Gasteiger partial charge on any atom is -0.398 e. The number of carbonyl (C=O) groups excluding carboxylic acids is 1. The highest BCUT2D eigenvalue weighted by Gasteiger charge is 2.22. The smallest absolute Gasteiger partial charge is 0.227 e. The van der Waals surface area contributed by atoms with E-state index in [0.29, 0.717) is 13.0 Å². The molecule has 0 aliphatic carbocycles. The highest BCUT2D eigenvalue weighted by Crippen LogP contribution is 2.24. The zero-order valence-corrected chi connectivity index (χ0v) is 8.29. The second-order valence-electron chi connectivity index (χ2n) is 3.57. The summed E-state index contributed by atoms with van der Waals surface area (Å²) >= 11 is 0. The number of benzene rings is 1. The molecule has 0 bridgehead atoms. The Bertz CT molecular complexity index is 374. The minimum atomic E-state index is 0.179. The molecule has 14 heavy (non-hydrogen) atoms. The standard InChI is InChI=1S/C11H14N2O/c1-2-13-7-8-4-3-5-10(12)9(8)6-11(13)14/h3-5H,2,6-7,12H2,1H3. The molecule has 74 valence electrons. The van der Waals surface area contributed by atoms with Crippen LogP contribution in [0.1, 0.15) is 18.1 Å². The third-order valence-corrected chi connectivity index (χ3v) is 2.73. The number of hydrogen-bond donors (Lipinski definition) is 1. The van der Waals surface area contributed by atoms with Crippen LogP contribution < -0.4 is 5.73 Å². The van der Waals surface area contributed by atoms with Crippen molar-refractivity contribution < 1.29 is 4.79 Å². The molecule has 1 aromatic rings. The fourth-order valence-electron chi connectivity index (χ4n) is 1.86. The van der Waals surface area contributed by atoms with Crippen LogP contribution in [0.4, 0.5) is 5.69 Å². The largest absolute Gasteiger partial charge is 0.398 e. The summed E-state index contributed by atoms with van der Waals surface area (Å²) in [5.74, 6) is 0.179. The van der Waals surface area contributed by atoms with E-state index in [0.717, 1.165) is 17.8 Å². The van der Waals surface area contributed by atoms with E-state index in [1.165, 1.54) is 5.56 Å². The van der Waals surface area contributed by atoms with Crippen LogP contribution in [-0.4, -0.2) is 17.4 Å². The summed E-state index contributed by atoms with van der Waals surface area (Å²) in [5.41, 5.74) is 8.76. The van der Waals surface area contributed by atoms with Crippen LogP contribution in [0.2, 0.25) is 0 Å². The fraction of sp³-hybridized carbons (Fsp3) is 0.364. The van der Waals surface area contributed by atoms with Crippen LogP contribution in [0.15, 0.2) is 18.2 Å². The number of nitrogens with zero attached hydrogens (tertiary/aromatic N) is 1. The van der Waals surface area contributed by atoms with Crippen molar-refractivity contribution in [3.05, 3.63) is 29.3 Å². The van der Waals surface area contributed by atoms with Gasteiger partial charge >= 0.3 is 0 Å². The minimum absolute atomic E-state index is 0.179. The number of carbonyl (C=O) groups is 1. The summed E-state index contributed by atoms with van der Waals surface area (Å²) in [6.07, 6.45) is 0.454. The molecule has 0 aromatic heterocycles. The Labute approximate surface area is 83.5 Å². The van der Waals surface area contributed by atoms with Gasteiger partial charge in [-0.2, -0.15) is 0 Å². The van der Waals surface area contributed by atoms with Gasteiger partial charge in [0.1, 0.15) is 0 Å². The Kier molecular flexibility index (Phi) is 2.15. The number of amides is 1. The van der Waals surface area contributed by atoms with Gasteiger partial charge in [0.2, 0.25) is 5.91 Å². The second kappa shape index (κ2) is 3.33. The molecule has 1 aliphatic rings. The topological polar surface area (TPSA) is 46.3 Å². The number of anilines is 1. The molecule has 3 heteroatoms. The SMILES string of the molecule is CCN1Cc2cccc(N)c2CC1=O. The molecule has 0 unspecified atom stereocenters. The Hall–Kier alpha value is -1.51. The number of nitrogens with two attached hydrogens (primary N) is 1. The molecule has 0 saturated carbocycles. The molecule has 1 aliphatic heterocycles. The summed E-state index contributed by atoms with van der Waals surface area (Å²) in [6.45, 7) is 3.47. The molecule has 0 saturated heterocycles. The summed E-state index contributed by atoms with van der Waals surface area (Å²) < 4.78 is 0. The number of nitrogen functional groups attached to an aromatic ring is 1. The van der Waals surface area contributed by atoms with Crippen molar-refractivity contribution >= 4 is 11.6 Å². The Morgan fingerprint density at radius 1 is 1.50 bits per heavy atom. The van der Waals surface area contributed by atoms with Crippen molar-refractivity contribution in [3.63, 3.8) is 0 Å². The van der Waals surface area contributed by atoms with Crippen molar-refractivity contribution in [2.45, 2.75) is 19.9 Å². The lowest BCUT2D eigenvalue weighted by Crippen LogP contribution is -2.36. The first-order valence-electron chi connectivity index (χ1n) is 4.86. The van der Waals surface area contributed by atoms with E-state index in [1.54, 1.807) is 0 Å². The maximum absolute atomic E-state index is 11.6. The first-order chi connectivity index (χ1) is 6.72. The van der Waals surface area contributed by atoms with E-state index in [4.69, 9.17) is 5.73 Å². The third-order valence-electron chi connectivity index (χ3n) is 2.73. The zero-order valence-electron chi connectivity index (χ0n) is 8.29. The maximum atomic E-state index is 11.6. The molecular formula is C11H14N2O. The van der Waals surface area contributed by atoms with Gasteiger partial charge in [0, 0.05) is 18.8 Å². The second-order valence-corrected chi connectivity index (χ2v) is 3.57. The van der Waals surface area contributed by atoms with Crippen LogP contribution in [0, 0.1) is 0 Å². The number of fused-ring (bicyclic) bond motifs is 1. The first-order valence-corrected chi connectivity index (χ1v) is 4.86. The fourth-order valence-corrected chi connectivity index (χ4v) is 1.86. The zero-order chi connectivity index (χ0) is 10.1. The summed E-state index contributed by atoms with van der Waals surface area (Å²) in [7, 11) is 0. The Morgan fingerprint density at radius 3 is 3.00 bits per heavy atom. The molecule has 0 fully saturated rings. The summed E-state index contributed by atoms with van der Waals surface area (Å²) in [6, 6.07) is 5.84. The van der Waals surface area contributed by atoms with E-state index in [-0.39, 0.29) is 5.91 Å². The summed E-state index contributed by atoms with van der Waals surface area (Å²) in [5, 5.41) is 0. The van der Waals surface area contributed by atoms with Gasteiger partial charge in [-0.25, -0.2) is 0 Å². The van der Waals surface area contributed by atoms with E-state index < -0.39 is 0 Å². The Balaban J connectivity index is 2.40. The van der Waals surface area contributed by atoms with Gasteiger partial charge in [0.25, 0.3) is 0 Å². The number of hydrogen-bond acceptors (Lipinski definition) is 2. The average Bonchev–Trinajstić information content (AvgIpc) is 2.19. The van der Waals surface area contributed by atoms with E-state index >= 15 is 0 Å². The molecule has 2 N–H and O–H groups in total. The van der Waals surface area contributed by atoms with Gasteiger partial charge in [0.15, 0.2) is 0 Å². The monoisotopic (exact) mass is 190 g/mol. The molecule has 3 nitrogen and oxygen atoms in total. The normalized spacial score (nSPS) is 15.5. The highest BCUT2D eigenvalue weighted by atomic mass is 16.2. The Morgan fingerprint density at radius 2 is 2.29 bits per heavy atom. The van der Waals surface area contributed by atoms with E-state index in [9.17, 15) is 4.79 Å². The predicted octanol–water partition coefficient (Wildman–Crippen LogP) is 1.17. The molecule has 0 radical (unpaired) electrons. The van der Waals surface area contributed by atoms with Gasteiger partial charge in [-0.1, -0.05) is 12.1 Å². The molecule has 2 rings (SSSR count). The molecule has 0 atom stereocenters. The van der Waals surface area contributed by atoms with Crippen molar-refractivity contribution in [2.75, 3.05) is 12.3 Å². The van der Waals surface area contributed by atoms with Gasteiger partial charge in [0.05, 0.1) is 6.42 Å². The van der Waals surface area contributed by atoms with Crippen LogP contribution in [0.5, 0.6) is 0 Å².